The molecule has 0 amide bonds. The van der Waals surface area contributed by atoms with E-state index in [9.17, 15) is 0 Å². The molecule has 0 radical (unpaired) electrons. The fourth-order valence-electron chi connectivity index (χ4n) is 1.03. The Bertz CT molecular complexity index is 156. The Hall–Kier alpha value is -0.110. The first-order valence-electron chi connectivity index (χ1n) is 3.74. The highest BCUT2D eigenvalue weighted by Gasteiger charge is 2.26. The van der Waals surface area contributed by atoms with E-state index in [4.69, 9.17) is 17.0 Å². The molecule has 1 atom stereocenters. The van der Waals surface area contributed by atoms with Gasteiger partial charge < -0.3 is 4.74 Å². The maximum absolute atomic E-state index is 4.96. The van der Waals surface area contributed by atoms with Gasteiger partial charge >= 0.3 is 0 Å². The summed E-state index contributed by atoms with van der Waals surface area (Å²) in [6, 6.07) is 0. The van der Waals surface area contributed by atoms with E-state index in [-0.39, 0.29) is 6.17 Å². The molecule has 2 N–H and O–H groups in total. The zero-order valence-electron chi connectivity index (χ0n) is 7.28. The van der Waals surface area contributed by atoms with Crippen LogP contribution in [0.5, 0.6) is 0 Å². The first-order chi connectivity index (χ1) is 5.79. The summed E-state index contributed by atoms with van der Waals surface area (Å²) in [6.07, 6.45) is 0.107. The van der Waals surface area contributed by atoms with Crippen LogP contribution in [0.3, 0.4) is 0 Å². The molecule has 0 bridgehead atoms. The molecule has 12 heavy (non-hydrogen) atoms. The number of hydrogen-bond acceptors (Lipinski definition) is 6. The number of hydrazine groups is 3. The summed E-state index contributed by atoms with van der Waals surface area (Å²) in [4.78, 5) is 0. The molecule has 0 aromatic rings. The van der Waals surface area contributed by atoms with E-state index in [1.54, 1.807) is 12.5 Å². The average molecular weight is 190 g/mol. The second-order valence-corrected chi connectivity index (χ2v) is 2.84. The zero-order valence-corrected chi connectivity index (χ0v) is 8.10. The van der Waals surface area contributed by atoms with Crippen molar-refractivity contribution in [3.05, 3.63) is 0 Å². The topological polar surface area (TPSA) is 39.8 Å². The molecule has 1 rings (SSSR count). The van der Waals surface area contributed by atoms with Gasteiger partial charge in [-0.1, -0.05) is 12.2 Å². The highest BCUT2D eigenvalue weighted by atomic mass is 32.1. The monoisotopic (exact) mass is 190 g/mol. The SMILES string of the molecule is COCCN1NNN(C)C1C=S. The molecule has 0 aliphatic carbocycles. The molecule has 1 aliphatic rings. The van der Waals surface area contributed by atoms with E-state index in [0.29, 0.717) is 6.61 Å². The highest BCUT2D eigenvalue weighted by Crippen LogP contribution is 2.01. The molecule has 1 heterocycles. The minimum atomic E-state index is 0.107. The summed E-state index contributed by atoms with van der Waals surface area (Å²) < 4.78 is 4.96. The van der Waals surface area contributed by atoms with Crippen LogP contribution in [0.1, 0.15) is 0 Å². The van der Waals surface area contributed by atoms with Gasteiger partial charge in [-0.05, 0) is 0 Å². The Morgan fingerprint density at radius 3 is 2.92 bits per heavy atom. The highest BCUT2D eigenvalue weighted by molar-refractivity contribution is 7.79. The van der Waals surface area contributed by atoms with E-state index in [2.05, 4.69) is 11.1 Å². The lowest BCUT2D eigenvalue weighted by molar-refractivity contribution is 0.116. The van der Waals surface area contributed by atoms with Gasteiger partial charge in [-0.3, -0.25) is 0 Å². The number of hydrogen-bond donors (Lipinski definition) is 2. The molecule has 6 heteroatoms. The van der Waals surface area contributed by atoms with Crippen LogP contribution in [0, 0.1) is 0 Å². The third-order valence-corrected chi connectivity index (χ3v) is 1.99. The van der Waals surface area contributed by atoms with E-state index in [1.807, 2.05) is 17.1 Å². The van der Waals surface area contributed by atoms with Crippen LogP contribution in [0.4, 0.5) is 0 Å². The maximum Gasteiger partial charge on any atom is 0.120 e. The Morgan fingerprint density at radius 2 is 2.33 bits per heavy atom. The van der Waals surface area contributed by atoms with Gasteiger partial charge in [0.2, 0.25) is 0 Å². The molecule has 5 nitrogen and oxygen atoms in total. The van der Waals surface area contributed by atoms with Crippen LogP contribution < -0.4 is 11.1 Å². The van der Waals surface area contributed by atoms with E-state index < -0.39 is 0 Å². The molecule has 70 valence electrons. The van der Waals surface area contributed by atoms with Crippen molar-refractivity contribution >= 4 is 17.6 Å². The second-order valence-electron chi connectivity index (χ2n) is 2.57. The fraction of sp³-hybridized carbons (Fsp3) is 0.833. The van der Waals surface area contributed by atoms with Crippen LogP contribution in [0.25, 0.3) is 0 Å². The summed E-state index contributed by atoms with van der Waals surface area (Å²) >= 11 is 4.89. The van der Waals surface area contributed by atoms with Crippen LogP contribution in [0.15, 0.2) is 0 Å². The molecule has 0 spiro atoms. The summed E-state index contributed by atoms with van der Waals surface area (Å²) in [5, 5.41) is 5.56. The molecular formula is C6H14N4OS. The van der Waals surface area contributed by atoms with Crippen molar-refractivity contribution in [2.75, 3.05) is 27.3 Å². The normalized spacial score (nSPS) is 26.3. The summed E-state index contributed by atoms with van der Waals surface area (Å²) in [6.45, 7) is 1.48. The van der Waals surface area contributed by atoms with Crippen LogP contribution >= 0.6 is 12.2 Å². The third kappa shape index (κ3) is 2.19. The van der Waals surface area contributed by atoms with Crippen molar-refractivity contribution in [2.24, 2.45) is 0 Å². The second kappa shape index (κ2) is 4.80. The van der Waals surface area contributed by atoms with Gasteiger partial charge in [-0.2, -0.15) is 11.1 Å². The predicted octanol–water partition coefficient (Wildman–Crippen LogP) is -0.870. The van der Waals surface area contributed by atoms with Crippen molar-refractivity contribution in [2.45, 2.75) is 6.17 Å². The minimum absolute atomic E-state index is 0.107. The molecule has 1 saturated heterocycles. The lowest BCUT2D eigenvalue weighted by Gasteiger charge is -2.20. The Labute approximate surface area is 77.6 Å². The first-order valence-corrected chi connectivity index (χ1v) is 4.21. The molecular weight excluding hydrogens is 176 g/mol. The molecule has 0 aromatic heterocycles. The third-order valence-electron chi connectivity index (χ3n) is 1.74. The smallest absolute Gasteiger partial charge is 0.120 e. The number of methoxy groups -OCH3 is 1. The van der Waals surface area contributed by atoms with Crippen molar-refractivity contribution in [1.29, 1.82) is 0 Å². The van der Waals surface area contributed by atoms with Crippen LogP contribution in [-0.2, 0) is 4.74 Å². The minimum Gasteiger partial charge on any atom is -0.383 e. The molecule has 1 unspecified atom stereocenters. The van der Waals surface area contributed by atoms with Crippen molar-refractivity contribution < 1.29 is 4.74 Å². The molecule has 0 saturated carbocycles. The fourth-order valence-corrected chi connectivity index (χ4v) is 1.36. The number of nitrogens with one attached hydrogen (secondary N) is 2. The predicted molar refractivity (Wildman–Crippen MR) is 50.1 cm³/mol. The first kappa shape index (κ1) is 9.97. The van der Waals surface area contributed by atoms with E-state index >= 15 is 0 Å². The Morgan fingerprint density at radius 1 is 1.58 bits per heavy atom. The van der Waals surface area contributed by atoms with E-state index in [0.717, 1.165) is 6.54 Å². The standard InChI is InChI=1S/C6H14N4OS/c1-9-6(5-12)10(8-7-9)3-4-11-2/h5-8H,3-4H2,1-2H3. The Balaban J connectivity index is 2.37. The van der Waals surface area contributed by atoms with Gasteiger partial charge in [0.15, 0.2) is 0 Å². The van der Waals surface area contributed by atoms with Gasteiger partial charge in [0, 0.05) is 26.1 Å². The van der Waals surface area contributed by atoms with Crippen LogP contribution in [0.2, 0.25) is 0 Å². The quantitative estimate of drug-likeness (QED) is 0.562. The average Bonchev–Trinajstić information content (AvgIpc) is 2.43. The van der Waals surface area contributed by atoms with Gasteiger partial charge in [-0.25, -0.2) is 10.0 Å². The summed E-state index contributed by atoms with van der Waals surface area (Å²) in [5.41, 5.74) is 5.91. The van der Waals surface area contributed by atoms with Gasteiger partial charge in [0.1, 0.15) is 6.17 Å². The van der Waals surface area contributed by atoms with Crippen LogP contribution in [-0.4, -0.2) is 48.9 Å². The Kier molecular flexibility index (Phi) is 3.99. The molecule has 1 aliphatic heterocycles. The van der Waals surface area contributed by atoms with Crippen molar-refractivity contribution in [3.63, 3.8) is 0 Å². The molecule has 1 fully saturated rings. The number of rotatable bonds is 4. The summed E-state index contributed by atoms with van der Waals surface area (Å²) in [5.74, 6) is 0. The zero-order chi connectivity index (χ0) is 8.97. The largest absolute Gasteiger partial charge is 0.383 e. The lowest BCUT2D eigenvalue weighted by Crippen LogP contribution is -2.42. The number of thiocarbonyl (C=S) groups is 1. The number of nitrogens with zero attached hydrogens (tertiary/aromatic N) is 2. The maximum atomic E-state index is 4.96. The lowest BCUT2D eigenvalue weighted by atomic mass is 10.5. The van der Waals surface area contributed by atoms with Gasteiger partial charge in [0.25, 0.3) is 0 Å². The summed E-state index contributed by atoms with van der Waals surface area (Å²) in [7, 11) is 3.60. The molecule has 0 aromatic carbocycles. The number of ether oxygens (including phenoxy) is 1. The van der Waals surface area contributed by atoms with Gasteiger partial charge in [-0.15, -0.1) is 0 Å². The van der Waals surface area contributed by atoms with E-state index in [1.165, 1.54) is 0 Å². The van der Waals surface area contributed by atoms with Crippen molar-refractivity contribution in [1.82, 2.24) is 21.1 Å². The van der Waals surface area contributed by atoms with Crippen molar-refractivity contribution in [3.8, 4) is 0 Å². The van der Waals surface area contributed by atoms with Gasteiger partial charge in [0.05, 0.1) is 6.61 Å².